The van der Waals surface area contributed by atoms with Crippen molar-refractivity contribution >= 4 is 11.6 Å². The molecule has 0 unspecified atom stereocenters. The van der Waals surface area contributed by atoms with Crippen LogP contribution in [0.5, 0.6) is 0 Å². The lowest BCUT2D eigenvalue weighted by Crippen LogP contribution is -2.25. The lowest BCUT2D eigenvalue weighted by Gasteiger charge is -2.14. The molecule has 1 N–H and O–H groups in total. The molecule has 0 spiro atoms. The Labute approximate surface area is 159 Å². The summed E-state index contributed by atoms with van der Waals surface area (Å²) in [6.45, 7) is 2.99. The standard InChI is InChI=1S/C20H19F3N4O/c1-11-3-4-14(19(28)24-15-5-6-15)9-16(11)13-7-8-27-17(10-13)25-26-18(27)12(2)20(21,22)23/h3-4,7-10,12,15H,5-6H2,1-2H3,(H,24,28)/t12-/m0/s1. The molecule has 0 bridgehead atoms. The molecule has 1 atom stereocenters. The molecular weight excluding hydrogens is 369 g/mol. The fraction of sp³-hybridized carbons (Fsp3) is 0.350. The van der Waals surface area contributed by atoms with Gasteiger partial charge in [0.15, 0.2) is 5.65 Å². The summed E-state index contributed by atoms with van der Waals surface area (Å²) in [5.74, 6) is -1.98. The fourth-order valence-electron chi connectivity index (χ4n) is 3.09. The fourth-order valence-corrected chi connectivity index (χ4v) is 3.09. The Balaban J connectivity index is 1.70. The molecule has 146 valence electrons. The van der Waals surface area contributed by atoms with Gasteiger partial charge in [-0.05, 0) is 67.6 Å². The number of benzene rings is 1. The number of aryl methyl sites for hydroxylation is 1. The Morgan fingerprint density at radius 2 is 1.96 bits per heavy atom. The first kappa shape index (κ1) is 18.5. The number of hydrogen-bond donors (Lipinski definition) is 1. The second-order valence-corrected chi connectivity index (χ2v) is 7.24. The average Bonchev–Trinajstić information content (AvgIpc) is 3.36. The summed E-state index contributed by atoms with van der Waals surface area (Å²) in [4.78, 5) is 12.3. The molecule has 1 aliphatic carbocycles. The van der Waals surface area contributed by atoms with Crippen molar-refractivity contribution in [3.05, 3.63) is 53.5 Å². The number of carbonyl (C=O) groups is 1. The van der Waals surface area contributed by atoms with Crippen molar-refractivity contribution in [1.82, 2.24) is 19.9 Å². The number of amides is 1. The lowest BCUT2D eigenvalue weighted by molar-refractivity contribution is -0.148. The van der Waals surface area contributed by atoms with E-state index >= 15 is 0 Å². The first-order chi connectivity index (χ1) is 13.2. The molecule has 8 heteroatoms. The number of nitrogens with one attached hydrogen (secondary N) is 1. The zero-order valence-electron chi connectivity index (χ0n) is 15.4. The largest absolute Gasteiger partial charge is 0.398 e. The van der Waals surface area contributed by atoms with Crippen LogP contribution in [0.25, 0.3) is 16.8 Å². The average molecular weight is 388 g/mol. The van der Waals surface area contributed by atoms with Crippen LogP contribution >= 0.6 is 0 Å². The number of alkyl halides is 3. The van der Waals surface area contributed by atoms with E-state index in [9.17, 15) is 18.0 Å². The number of halogens is 3. The summed E-state index contributed by atoms with van der Waals surface area (Å²) in [7, 11) is 0. The number of carbonyl (C=O) groups excluding carboxylic acids is 1. The Hall–Kier alpha value is -2.90. The monoisotopic (exact) mass is 388 g/mol. The molecular formula is C20H19F3N4O. The second kappa shape index (κ2) is 6.61. The third-order valence-corrected chi connectivity index (χ3v) is 5.04. The normalized spacial score (nSPS) is 15.6. The molecule has 1 fully saturated rings. The zero-order valence-corrected chi connectivity index (χ0v) is 15.4. The van der Waals surface area contributed by atoms with Crippen LogP contribution in [0.3, 0.4) is 0 Å². The molecule has 1 saturated carbocycles. The SMILES string of the molecule is Cc1ccc(C(=O)NC2CC2)cc1-c1ccn2c([C@H](C)C(F)(F)F)nnc2c1. The maximum Gasteiger partial charge on any atom is 0.398 e. The van der Waals surface area contributed by atoms with Gasteiger partial charge in [-0.3, -0.25) is 9.20 Å². The van der Waals surface area contributed by atoms with Crippen molar-refractivity contribution in [3.8, 4) is 11.1 Å². The van der Waals surface area contributed by atoms with Gasteiger partial charge < -0.3 is 5.32 Å². The van der Waals surface area contributed by atoms with Gasteiger partial charge in [-0.15, -0.1) is 10.2 Å². The summed E-state index contributed by atoms with van der Waals surface area (Å²) < 4.78 is 40.4. The Morgan fingerprint density at radius 1 is 1.21 bits per heavy atom. The molecule has 4 rings (SSSR count). The van der Waals surface area contributed by atoms with E-state index in [0.717, 1.165) is 36.5 Å². The molecule has 0 radical (unpaired) electrons. The summed E-state index contributed by atoms with van der Waals surface area (Å²) >= 11 is 0. The number of nitrogens with zero attached hydrogens (tertiary/aromatic N) is 3. The minimum Gasteiger partial charge on any atom is -0.349 e. The highest BCUT2D eigenvalue weighted by atomic mass is 19.4. The van der Waals surface area contributed by atoms with Crippen LogP contribution in [-0.4, -0.2) is 32.7 Å². The van der Waals surface area contributed by atoms with Gasteiger partial charge in [0.25, 0.3) is 5.91 Å². The summed E-state index contributed by atoms with van der Waals surface area (Å²) in [6, 6.07) is 9.10. The molecule has 1 amide bonds. The highest BCUT2D eigenvalue weighted by Gasteiger charge is 2.40. The summed E-state index contributed by atoms with van der Waals surface area (Å²) in [6.07, 6.45) is -0.834. The van der Waals surface area contributed by atoms with E-state index < -0.39 is 12.1 Å². The highest BCUT2D eigenvalue weighted by Crippen LogP contribution is 2.34. The van der Waals surface area contributed by atoms with Crippen LogP contribution in [0.1, 0.15) is 47.4 Å². The maximum atomic E-state index is 13.0. The van der Waals surface area contributed by atoms with Crippen molar-refractivity contribution in [2.24, 2.45) is 0 Å². The van der Waals surface area contributed by atoms with E-state index in [1.807, 2.05) is 13.0 Å². The first-order valence-electron chi connectivity index (χ1n) is 9.07. The highest BCUT2D eigenvalue weighted by molar-refractivity contribution is 5.96. The molecule has 2 aromatic heterocycles. The third kappa shape index (κ3) is 3.46. The van der Waals surface area contributed by atoms with E-state index in [4.69, 9.17) is 0 Å². The number of pyridine rings is 1. The van der Waals surface area contributed by atoms with Gasteiger partial charge in [-0.2, -0.15) is 13.2 Å². The summed E-state index contributed by atoms with van der Waals surface area (Å²) in [5.41, 5.74) is 3.44. The molecule has 5 nitrogen and oxygen atoms in total. The van der Waals surface area contributed by atoms with E-state index in [-0.39, 0.29) is 17.8 Å². The number of rotatable bonds is 4. The molecule has 0 aliphatic heterocycles. The third-order valence-electron chi connectivity index (χ3n) is 5.04. The second-order valence-electron chi connectivity index (χ2n) is 7.24. The molecule has 1 aliphatic rings. The van der Waals surface area contributed by atoms with Gasteiger partial charge in [0.2, 0.25) is 0 Å². The Morgan fingerprint density at radius 3 is 2.64 bits per heavy atom. The minimum atomic E-state index is -4.39. The minimum absolute atomic E-state index is 0.117. The first-order valence-corrected chi connectivity index (χ1v) is 9.07. The summed E-state index contributed by atoms with van der Waals surface area (Å²) in [5, 5.41) is 10.6. The van der Waals surface area contributed by atoms with E-state index in [1.54, 1.807) is 30.5 Å². The number of aromatic nitrogens is 3. The van der Waals surface area contributed by atoms with Crippen LogP contribution in [0, 0.1) is 6.92 Å². The molecule has 0 saturated heterocycles. The van der Waals surface area contributed by atoms with Crippen molar-refractivity contribution in [2.75, 3.05) is 0 Å². The Kier molecular flexibility index (Phi) is 4.36. The predicted molar refractivity (Wildman–Crippen MR) is 98.1 cm³/mol. The van der Waals surface area contributed by atoms with E-state index in [2.05, 4.69) is 15.5 Å². The lowest BCUT2D eigenvalue weighted by atomic mass is 9.98. The van der Waals surface area contributed by atoms with Crippen molar-refractivity contribution in [2.45, 2.75) is 44.8 Å². The molecule has 28 heavy (non-hydrogen) atoms. The topological polar surface area (TPSA) is 59.3 Å². The zero-order chi connectivity index (χ0) is 20.1. The van der Waals surface area contributed by atoms with E-state index in [1.165, 1.54) is 4.40 Å². The maximum absolute atomic E-state index is 13.0. The van der Waals surface area contributed by atoms with Gasteiger partial charge in [-0.1, -0.05) is 6.07 Å². The van der Waals surface area contributed by atoms with Crippen LogP contribution in [0.4, 0.5) is 13.2 Å². The van der Waals surface area contributed by atoms with Gasteiger partial charge in [0, 0.05) is 17.8 Å². The van der Waals surface area contributed by atoms with Crippen molar-refractivity contribution < 1.29 is 18.0 Å². The van der Waals surface area contributed by atoms with Crippen molar-refractivity contribution in [3.63, 3.8) is 0 Å². The van der Waals surface area contributed by atoms with Crippen molar-refractivity contribution in [1.29, 1.82) is 0 Å². The van der Waals surface area contributed by atoms with Crippen LogP contribution < -0.4 is 5.32 Å². The van der Waals surface area contributed by atoms with Crippen LogP contribution in [0.2, 0.25) is 0 Å². The predicted octanol–water partition coefficient (Wildman–Crippen LogP) is 4.26. The van der Waals surface area contributed by atoms with Gasteiger partial charge in [-0.25, -0.2) is 0 Å². The smallest absolute Gasteiger partial charge is 0.349 e. The number of hydrogen-bond acceptors (Lipinski definition) is 3. The van der Waals surface area contributed by atoms with Gasteiger partial charge >= 0.3 is 6.18 Å². The van der Waals surface area contributed by atoms with E-state index in [0.29, 0.717) is 11.2 Å². The quantitative estimate of drug-likeness (QED) is 0.726. The molecule has 2 heterocycles. The molecule has 3 aromatic rings. The van der Waals surface area contributed by atoms with Gasteiger partial charge in [0.05, 0.1) is 0 Å². The van der Waals surface area contributed by atoms with Crippen LogP contribution in [-0.2, 0) is 0 Å². The molecule has 1 aromatic carbocycles. The van der Waals surface area contributed by atoms with Gasteiger partial charge in [0.1, 0.15) is 11.7 Å². The van der Waals surface area contributed by atoms with Crippen LogP contribution in [0.15, 0.2) is 36.5 Å². The number of fused-ring (bicyclic) bond motifs is 1. The Bertz CT molecular complexity index is 1050.